The number of aromatic nitrogens is 2. The van der Waals surface area contributed by atoms with Gasteiger partial charge >= 0.3 is 0 Å². The van der Waals surface area contributed by atoms with E-state index in [4.69, 9.17) is 9.84 Å². The first-order valence-electron chi connectivity index (χ1n) is 6.55. The summed E-state index contributed by atoms with van der Waals surface area (Å²) in [5.74, 6) is 0. The fourth-order valence-corrected chi connectivity index (χ4v) is 2.04. The van der Waals surface area contributed by atoms with E-state index in [1.54, 1.807) is 25.4 Å². The summed E-state index contributed by atoms with van der Waals surface area (Å²) in [4.78, 5) is 16.4. The molecule has 2 heterocycles. The highest BCUT2D eigenvalue weighted by Crippen LogP contribution is 2.00. The van der Waals surface area contributed by atoms with Crippen molar-refractivity contribution in [2.75, 3.05) is 20.3 Å². The van der Waals surface area contributed by atoms with Crippen molar-refractivity contribution in [3.05, 3.63) is 46.5 Å². The maximum atomic E-state index is 11.9. The lowest BCUT2D eigenvalue weighted by atomic mass is 10.2. The van der Waals surface area contributed by atoms with Gasteiger partial charge in [-0.25, -0.2) is 4.98 Å². The molecule has 0 radical (unpaired) electrons. The molecule has 20 heavy (non-hydrogen) atoms. The van der Waals surface area contributed by atoms with E-state index in [9.17, 15) is 4.79 Å². The lowest BCUT2D eigenvalue weighted by molar-refractivity contribution is 0.148. The standard InChI is InChI=1S/C14H19N3O3/c1-20-10-11(5-7-18)15-9-12-8-14(19)17-6-3-2-4-13(17)16-12/h2-4,6,8,11,15,18H,5,7,9-10H2,1H3. The van der Waals surface area contributed by atoms with Crippen molar-refractivity contribution in [1.82, 2.24) is 14.7 Å². The fraction of sp³-hybridized carbons (Fsp3) is 0.429. The lowest BCUT2D eigenvalue weighted by Gasteiger charge is -2.16. The van der Waals surface area contributed by atoms with Crippen LogP contribution in [-0.4, -0.2) is 40.9 Å². The van der Waals surface area contributed by atoms with Gasteiger partial charge in [-0.05, 0) is 18.6 Å². The van der Waals surface area contributed by atoms with Crippen molar-refractivity contribution in [2.45, 2.75) is 19.0 Å². The molecule has 0 bridgehead atoms. The van der Waals surface area contributed by atoms with Crippen molar-refractivity contribution in [2.24, 2.45) is 0 Å². The molecule has 0 aliphatic carbocycles. The van der Waals surface area contributed by atoms with Crippen molar-refractivity contribution in [3.8, 4) is 0 Å². The van der Waals surface area contributed by atoms with E-state index in [0.29, 0.717) is 30.9 Å². The van der Waals surface area contributed by atoms with E-state index in [0.717, 1.165) is 0 Å². The molecule has 0 aliphatic rings. The van der Waals surface area contributed by atoms with Gasteiger partial charge < -0.3 is 15.2 Å². The first kappa shape index (κ1) is 14.6. The van der Waals surface area contributed by atoms with Gasteiger partial charge in [0.1, 0.15) is 5.65 Å². The summed E-state index contributed by atoms with van der Waals surface area (Å²) in [6.45, 7) is 1.07. The van der Waals surface area contributed by atoms with Crippen LogP contribution in [-0.2, 0) is 11.3 Å². The van der Waals surface area contributed by atoms with Gasteiger partial charge in [0.15, 0.2) is 0 Å². The summed E-state index contributed by atoms with van der Waals surface area (Å²) >= 11 is 0. The maximum Gasteiger partial charge on any atom is 0.258 e. The van der Waals surface area contributed by atoms with Gasteiger partial charge in [-0.2, -0.15) is 0 Å². The van der Waals surface area contributed by atoms with Crippen LogP contribution in [0.1, 0.15) is 12.1 Å². The fourth-order valence-electron chi connectivity index (χ4n) is 2.04. The number of hydrogen-bond acceptors (Lipinski definition) is 5. The second kappa shape index (κ2) is 7.14. The summed E-state index contributed by atoms with van der Waals surface area (Å²) < 4.78 is 6.58. The molecule has 0 fully saturated rings. The highest BCUT2D eigenvalue weighted by atomic mass is 16.5. The third kappa shape index (κ3) is 3.63. The Morgan fingerprint density at radius 2 is 2.35 bits per heavy atom. The largest absolute Gasteiger partial charge is 0.396 e. The van der Waals surface area contributed by atoms with Gasteiger partial charge in [0.2, 0.25) is 0 Å². The Morgan fingerprint density at radius 3 is 3.10 bits per heavy atom. The molecule has 1 atom stereocenters. The normalized spacial score (nSPS) is 12.7. The predicted octanol–water partition coefficient (Wildman–Crippen LogP) is 0.181. The van der Waals surface area contributed by atoms with Crippen molar-refractivity contribution < 1.29 is 9.84 Å². The van der Waals surface area contributed by atoms with Gasteiger partial charge in [-0.3, -0.25) is 9.20 Å². The third-order valence-corrected chi connectivity index (χ3v) is 3.04. The highest BCUT2D eigenvalue weighted by molar-refractivity contribution is 5.37. The van der Waals surface area contributed by atoms with Crippen LogP contribution in [0.15, 0.2) is 35.3 Å². The number of ether oxygens (including phenoxy) is 1. The Hall–Kier alpha value is -1.76. The third-order valence-electron chi connectivity index (χ3n) is 3.04. The van der Waals surface area contributed by atoms with Crippen LogP contribution in [0.2, 0.25) is 0 Å². The Bertz CT molecular complexity index is 606. The predicted molar refractivity (Wildman–Crippen MR) is 75.7 cm³/mol. The molecule has 0 saturated carbocycles. The molecule has 1 unspecified atom stereocenters. The Kier molecular flexibility index (Phi) is 5.23. The maximum absolute atomic E-state index is 11.9. The molecule has 0 amide bonds. The molecule has 108 valence electrons. The number of pyridine rings is 1. The average molecular weight is 277 g/mol. The first-order chi connectivity index (χ1) is 9.74. The molecule has 2 aromatic rings. The number of aliphatic hydroxyl groups is 1. The van der Waals surface area contributed by atoms with Crippen LogP contribution < -0.4 is 10.9 Å². The van der Waals surface area contributed by atoms with Crippen LogP contribution in [0.4, 0.5) is 0 Å². The minimum Gasteiger partial charge on any atom is -0.396 e. The van der Waals surface area contributed by atoms with Crippen LogP contribution in [0, 0.1) is 0 Å². The van der Waals surface area contributed by atoms with Crippen LogP contribution in [0.5, 0.6) is 0 Å². The van der Waals surface area contributed by atoms with Crippen molar-refractivity contribution >= 4 is 5.65 Å². The number of hydrogen-bond donors (Lipinski definition) is 2. The van der Waals surface area contributed by atoms with Gasteiger partial charge in [-0.15, -0.1) is 0 Å². The van der Waals surface area contributed by atoms with Gasteiger partial charge in [0.25, 0.3) is 5.56 Å². The molecule has 6 heteroatoms. The topological polar surface area (TPSA) is 75.9 Å². The molecule has 0 saturated heterocycles. The zero-order valence-corrected chi connectivity index (χ0v) is 11.5. The van der Waals surface area contributed by atoms with Gasteiger partial charge in [0, 0.05) is 38.6 Å². The summed E-state index contributed by atoms with van der Waals surface area (Å²) in [5, 5.41) is 12.2. The Labute approximate surface area is 117 Å². The zero-order chi connectivity index (χ0) is 14.4. The quantitative estimate of drug-likeness (QED) is 0.755. The molecule has 0 aliphatic heterocycles. The molecule has 6 nitrogen and oxygen atoms in total. The first-order valence-corrected chi connectivity index (χ1v) is 6.55. The Morgan fingerprint density at radius 1 is 1.50 bits per heavy atom. The van der Waals surface area contributed by atoms with Crippen LogP contribution in [0.25, 0.3) is 5.65 Å². The number of rotatable bonds is 7. The second-order valence-corrected chi connectivity index (χ2v) is 4.56. The monoisotopic (exact) mass is 277 g/mol. The van der Waals surface area contributed by atoms with E-state index in [2.05, 4.69) is 10.3 Å². The smallest absolute Gasteiger partial charge is 0.258 e. The van der Waals surface area contributed by atoms with E-state index in [-0.39, 0.29) is 18.2 Å². The summed E-state index contributed by atoms with van der Waals surface area (Å²) in [7, 11) is 1.62. The van der Waals surface area contributed by atoms with Crippen LogP contribution in [0.3, 0.4) is 0 Å². The second-order valence-electron chi connectivity index (χ2n) is 4.56. The minimum absolute atomic E-state index is 0.0426. The highest BCUT2D eigenvalue weighted by Gasteiger charge is 2.08. The summed E-state index contributed by atoms with van der Waals surface area (Å²) in [6.07, 6.45) is 2.29. The summed E-state index contributed by atoms with van der Waals surface area (Å²) in [5.41, 5.74) is 1.21. The zero-order valence-electron chi connectivity index (χ0n) is 11.5. The molecule has 0 spiro atoms. The van der Waals surface area contributed by atoms with E-state index in [1.165, 1.54) is 10.5 Å². The molecule has 2 aromatic heterocycles. The van der Waals surface area contributed by atoms with E-state index < -0.39 is 0 Å². The number of nitrogens with zero attached hydrogens (tertiary/aromatic N) is 2. The summed E-state index contributed by atoms with van der Waals surface area (Å²) in [6, 6.07) is 7.00. The Balaban J connectivity index is 2.11. The van der Waals surface area contributed by atoms with Crippen LogP contribution >= 0.6 is 0 Å². The van der Waals surface area contributed by atoms with E-state index in [1.807, 2.05) is 6.07 Å². The molecular weight excluding hydrogens is 258 g/mol. The van der Waals surface area contributed by atoms with E-state index >= 15 is 0 Å². The number of fused-ring (bicyclic) bond motifs is 1. The number of nitrogens with one attached hydrogen (secondary N) is 1. The van der Waals surface area contributed by atoms with Gasteiger partial charge in [0.05, 0.1) is 12.3 Å². The molecule has 2 N–H and O–H groups in total. The number of aliphatic hydroxyl groups excluding tert-OH is 1. The average Bonchev–Trinajstić information content (AvgIpc) is 2.45. The molecule has 0 aromatic carbocycles. The number of methoxy groups -OCH3 is 1. The molecule has 2 rings (SSSR count). The van der Waals surface area contributed by atoms with Gasteiger partial charge in [-0.1, -0.05) is 6.07 Å². The minimum atomic E-state index is -0.0992. The SMILES string of the molecule is COCC(CCO)NCc1cc(=O)n2ccccc2n1. The van der Waals surface area contributed by atoms with Crippen molar-refractivity contribution in [3.63, 3.8) is 0 Å². The van der Waals surface area contributed by atoms with Crippen molar-refractivity contribution in [1.29, 1.82) is 0 Å². The lowest BCUT2D eigenvalue weighted by Crippen LogP contribution is -2.34. The molecular formula is C14H19N3O3.